The van der Waals surface area contributed by atoms with Crippen molar-refractivity contribution in [2.45, 2.75) is 53.6 Å². The van der Waals surface area contributed by atoms with E-state index in [9.17, 15) is 17.1 Å². The van der Waals surface area contributed by atoms with Crippen molar-refractivity contribution in [3.63, 3.8) is 0 Å². The van der Waals surface area contributed by atoms with Gasteiger partial charge in [0.25, 0.3) is 12.3 Å². The minimum absolute atomic E-state index is 0.0152. The van der Waals surface area contributed by atoms with E-state index in [0.29, 0.717) is 22.6 Å². The van der Waals surface area contributed by atoms with Crippen molar-refractivity contribution in [1.82, 2.24) is 0 Å². The first kappa shape index (κ1) is 27.6. The molecule has 8 nitrogen and oxygen atoms in total. The van der Waals surface area contributed by atoms with Gasteiger partial charge >= 0.3 is 10.5 Å². The third kappa shape index (κ3) is 5.39. The van der Waals surface area contributed by atoms with Gasteiger partial charge in [0.15, 0.2) is 22.8 Å². The smallest absolute Gasteiger partial charge is 0.483 e. The van der Waals surface area contributed by atoms with Crippen LogP contribution in [0.5, 0.6) is 23.0 Å². The van der Waals surface area contributed by atoms with Crippen molar-refractivity contribution in [3.05, 3.63) is 63.5 Å². The molecule has 3 heterocycles. The Morgan fingerprint density at radius 2 is 1.87 bits per heavy atom. The molecule has 2 aliphatic rings. The van der Waals surface area contributed by atoms with Crippen LogP contribution in [0, 0.1) is 0 Å². The molecule has 0 saturated heterocycles. The van der Waals surface area contributed by atoms with E-state index in [2.05, 4.69) is 0 Å². The lowest BCUT2D eigenvalue weighted by Gasteiger charge is -2.30. The van der Waals surface area contributed by atoms with Gasteiger partial charge in [-0.25, -0.2) is 0 Å². The van der Waals surface area contributed by atoms with Gasteiger partial charge in [-0.05, 0) is 64.0 Å². The van der Waals surface area contributed by atoms with Gasteiger partial charge in [-0.2, -0.15) is 8.42 Å². The van der Waals surface area contributed by atoms with Crippen LogP contribution in [0.1, 0.15) is 52.7 Å². The van der Waals surface area contributed by atoms with Crippen LogP contribution in [0.3, 0.4) is 0 Å². The molecule has 0 radical (unpaired) electrons. The highest BCUT2D eigenvalue weighted by molar-refractivity contribution is 7.90. The number of rotatable bonds is 5. The Balaban J connectivity index is 0.00000164. The number of hydrogen-bond acceptors (Lipinski definition) is 9. The molecule has 38 heavy (non-hydrogen) atoms. The Kier molecular flexibility index (Phi) is 7.53. The summed E-state index contributed by atoms with van der Waals surface area (Å²) in [4.78, 5) is 13.8. The van der Waals surface area contributed by atoms with Gasteiger partial charge < -0.3 is 21.7 Å². The van der Waals surface area contributed by atoms with Crippen molar-refractivity contribution in [1.29, 1.82) is 0 Å². The molecule has 0 amide bonds. The first-order chi connectivity index (χ1) is 17.9. The van der Waals surface area contributed by atoms with Crippen LogP contribution in [0.25, 0.3) is 28.2 Å². The van der Waals surface area contributed by atoms with Gasteiger partial charge in [-0.15, -0.1) is 0 Å². The van der Waals surface area contributed by atoms with Crippen molar-refractivity contribution in [2.75, 3.05) is 0 Å². The van der Waals surface area contributed by atoms with Gasteiger partial charge in [-0.1, -0.05) is 35.4 Å². The predicted octanol–water partition coefficient (Wildman–Crippen LogP) is 7.11. The van der Waals surface area contributed by atoms with Crippen LogP contribution in [0.2, 0.25) is 0 Å². The predicted molar refractivity (Wildman–Crippen MR) is 146 cm³/mol. The minimum atomic E-state index is -5.50. The number of allylic oxidation sites excluding steroid dienone is 2. The topological polar surface area (TPSA) is 101 Å². The van der Waals surface area contributed by atoms with Crippen molar-refractivity contribution >= 4 is 39.9 Å². The lowest BCUT2D eigenvalue weighted by atomic mass is 9.93. The van der Waals surface area contributed by atoms with Gasteiger partial charge in [-0.3, -0.25) is 4.79 Å². The highest BCUT2D eigenvalue weighted by Gasteiger charge is 2.33. The molecule has 2 aromatic carbocycles. The molecule has 0 atom stereocenters. The summed E-state index contributed by atoms with van der Waals surface area (Å²) >= 11 is 0.790. The van der Waals surface area contributed by atoms with Crippen LogP contribution in [-0.4, -0.2) is 14.0 Å². The van der Waals surface area contributed by atoms with E-state index in [4.69, 9.17) is 21.7 Å². The quantitative estimate of drug-likeness (QED) is 0.183. The van der Waals surface area contributed by atoms with Crippen LogP contribution < -0.4 is 22.7 Å². The third-order valence-corrected chi connectivity index (χ3v) is 6.53. The Bertz CT molecular complexity index is 1630. The standard InChI is InChI=1S/C25H21FO8S2.C2H6/c1-13(2)5-7-15-22-16(9-10-25(3,4)31-22)23-20(24(15)34-36(26,28)29)21(27)17(12-30-23)14-6-8-18-19(11-14)33-35-32-18;1-2/h5-6,8-12H,7H2,1-4H3;1-2H3. The molecule has 1 aromatic heterocycles. The zero-order chi connectivity index (χ0) is 27.8. The number of halogens is 1. The summed E-state index contributed by atoms with van der Waals surface area (Å²) in [6.07, 6.45) is 6.71. The van der Waals surface area contributed by atoms with E-state index in [1.807, 2.05) is 41.5 Å². The largest absolute Gasteiger partial charge is 0.488 e. The highest BCUT2D eigenvalue weighted by atomic mass is 32.3. The van der Waals surface area contributed by atoms with E-state index < -0.39 is 27.3 Å². The van der Waals surface area contributed by atoms with E-state index in [1.165, 1.54) is 6.26 Å². The zero-order valence-electron chi connectivity index (χ0n) is 21.7. The van der Waals surface area contributed by atoms with Gasteiger partial charge in [0.1, 0.15) is 23.0 Å². The van der Waals surface area contributed by atoms with Crippen molar-refractivity contribution < 1.29 is 34.0 Å². The summed E-state index contributed by atoms with van der Waals surface area (Å²) < 4.78 is 64.8. The Morgan fingerprint density at radius 3 is 2.55 bits per heavy atom. The van der Waals surface area contributed by atoms with E-state index in [-0.39, 0.29) is 34.3 Å². The van der Waals surface area contributed by atoms with Gasteiger partial charge in [0, 0.05) is 5.56 Å². The lowest BCUT2D eigenvalue weighted by Crippen LogP contribution is -2.28. The van der Waals surface area contributed by atoms with Gasteiger partial charge in [0.2, 0.25) is 5.43 Å². The molecular weight excluding hydrogens is 535 g/mol. The van der Waals surface area contributed by atoms with Crippen molar-refractivity contribution in [2.24, 2.45) is 0 Å². The monoisotopic (exact) mass is 562 g/mol. The van der Waals surface area contributed by atoms with Crippen LogP contribution >= 0.6 is 12.3 Å². The number of benzene rings is 2. The second-order valence-corrected chi connectivity index (χ2v) is 10.6. The maximum Gasteiger partial charge on any atom is 0.488 e. The molecule has 5 rings (SSSR count). The van der Waals surface area contributed by atoms with E-state index in [0.717, 1.165) is 17.9 Å². The van der Waals surface area contributed by atoms with E-state index >= 15 is 0 Å². The normalized spacial score (nSPS) is 14.7. The molecule has 0 fully saturated rings. The fraction of sp³-hybridized carbons (Fsp3) is 0.296. The maximum absolute atomic E-state index is 14.0. The van der Waals surface area contributed by atoms with Gasteiger partial charge in [0.05, 0.1) is 11.1 Å². The molecule has 0 N–H and O–H groups in total. The second kappa shape index (κ2) is 10.4. The summed E-state index contributed by atoms with van der Waals surface area (Å²) in [5.74, 6) is 0.682. The molecule has 11 heteroatoms. The Labute approximate surface area is 224 Å². The molecule has 0 spiro atoms. The molecule has 0 bridgehead atoms. The lowest BCUT2D eigenvalue weighted by molar-refractivity contribution is 0.157. The first-order valence-corrected chi connectivity index (χ1v) is 13.9. The fourth-order valence-electron chi connectivity index (χ4n) is 4.02. The highest BCUT2D eigenvalue weighted by Crippen LogP contribution is 2.46. The number of ether oxygens (including phenoxy) is 1. The van der Waals surface area contributed by atoms with Crippen LogP contribution in [0.4, 0.5) is 3.89 Å². The minimum Gasteiger partial charge on any atom is -0.483 e. The zero-order valence-corrected chi connectivity index (χ0v) is 23.3. The Hall–Kier alpha value is -3.44. The summed E-state index contributed by atoms with van der Waals surface area (Å²) in [5, 5.41) is -0.218. The first-order valence-electron chi connectivity index (χ1n) is 11.9. The SMILES string of the molecule is CC.CC(C)=CCc1c2c(c3occ(-c4ccc5c(c4)OSO5)c(=O)c3c1OS(=O)(=O)F)C=CC(C)(C)O2. The summed E-state index contributed by atoms with van der Waals surface area (Å²) in [6.45, 7) is 11.3. The number of hydrogen-bond donors (Lipinski definition) is 0. The fourth-order valence-corrected chi connectivity index (χ4v) is 4.85. The Morgan fingerprint density at radius 1 is 1.16 bits per heavy atom. The third-order valence-electron chi connectivity index (χ3n) is 5.67. The molecule has 0 saturated carbocycles. The number of fused-ring (bicyclic) bond motifs is 4. The molecule has 0 aliphatic carbocycles. The van der Waals surface area contributed by atoms with E-state index in [1.54, 1.807) is 36.4 Å². The molecule has 3 aromatic rings. The molecule has 202 valence electrons. The summed E-state index contributed by atoms with van der Waals surface area (Å²) in [6, 6.07) is 4.85. The maximum atomic E-state index is 14.0. The van der Waals surface area contributed by atoms with Crippen LogP contribution in [-0.2, 0) is 16.9 Å². The van der Waals surface area contributed by atoms with Crippen molar-refractivity contribution in [3.8, 4) is 34.1 Å². The summed E-state index contributed by atoms with van der Waals surface area (Å²) in [5.41, 5.74) is 0.739. The molecular formula is C27H27FO8S2. The second-order valence-electron chi connectivity index (χ2n) is 9.13. The van der Waals surface area contributed by atoms with Crippen LogP contribution in [0.15, 0.2) is 51.4 Å². The molecule has 0 unspecified atom stereocenters. The average Bonchev–Trinajstić information content (AvgIpc) is 3.31. The summed E-state index contributed by atoms with van der Waals surface area (Å²) in [7, 11) is -5.50. The molecule has 2 aliphatic heterocycles. The average molecular weight is 563 g/mol.